The van der Waals surface area contributed by atoms with Crippen molar-refractivity contribution in [2.45, 2.75) is 32.0 Å². The lowest BCUT2D eigenvalue weighted by atomic mass is 10.1. The number of aromatic nitrogens is 1. The van der Waals surface area contributed by atoms with E-state index in [2.05, 4.69) is 4.98 Å². The van der Waals surface area contributed by atoms with E-state index in [1.807, 2.05) is 0 Å². The number of alkyl halides is 3. The molecule has 1 saturated heterocycles. The van der Waals surface area contributed by atoms with E-state index < -0.39 is 35.4 Å². The van der Waals surface area contributed by atoms with Gasteiger partial charge in [-0.1, -0.05) is 11.6 Å². The Hall–Kier alpha value is -2.68. The van der Waals surface area contributed by atoms with Crippen molar-refractivity contribution in [2.75, 3.05) is 16.8 Å². The van der Waals surface area contributed by atoms with Crippen LogP contribution in [-0.4, -0.2) is 29.9 Å². The van der Waals surface area contributed by atoms with Crippen LogP contribution in [0.2, 0.25) is 5.02 Å². The Morgan fingerprint density at radius 3 is 2.59 bits per heavy atom. The number of likely N-dealkylation sites (N-methyl/N-ethyl adjacent to an activating group) is 1. The van der Waals surface area contributed by atoms with Gasteiger partial charge in [0.15, 0.2) is 0 Å². The summed E-state index contributed by atoms with van der Waals surface area (Å²) < 4.78 is 52.9. The number of hydrogen-bond donors (Lipinski definition) is 0. The van der Waals surface area contributed by atoms with Crippen molar-refractivity contribution >= 4 is 34.9 Å². The first-order chi connectivity index (χ1) is 13.5. The number of carbonyl (C=O) groups is 2. The van der Waals surface area contributed by atoms with Gasteiger partial charge in [0, 0.05) is 24.8 Å². The smallest absolute Gasteiger partial charge is 0.314 e. The zero-order chi connectivity index (χ0) is 21.5. The fourth-order valence-electron chi connectivity index (χ4n) is 3.19. The maximum atomic E-state index is 13.4. The van der Waals surface area contributed by atoms with Crippen LogP contribution in [0.5, 0.6) is 0 Å². The van der Waals surface area contributed by atoms with Gasteiger partial charge in [-0.15, -0.1) is 0 Å². The Kier molecular flexibility index (Phi) is 5.53. The van der Waals surface area contributed by atoms with E-state index >= 15 is 0 Å². The van der Waals surface area contributed by atoms with Gasteiger partial charge in [0.2, 0.25) is 11.8 Å². The first kappa shape index (κ1) is 21.0. The van der Waals surface area contributed by atoms with Gasteiger partial charge in [0.05, 0.1) is 10.6 Å². The molecule has 2 aromatic rings. The van der Waals surface area contributed by atoms with Gasteiger partial charge in [0.1, 0.15) is 17.7 Å². The molecule has 0 spiro atoms. The van der Waals surface area contributed by atoms with Gasteiger partial charge in [0.25, 0.3) is 0 Å². The maximum Gasteiger partial charge on any atom is 0.416 e. The van der Waals surface area contributed by atoms with Crippen molar-refractivity contribution in [3.8, 4) is 0 Å². The summed E-state index contributed by atoms with van der Waals surface area (Å²) in [6, 6.07) is 4.28. The minimum atomic E-state index is -4.62. The lowest BCUT2D eigenvalue weighted by Crippen LogP contribution is -2.46. The highest BCUT2D eigenvalue weighted by molar-refractivity contribution is 6.31. The Bertz CT molecular complexity index is 980. The first-order valence-corrected chi connectivity index (χ1v) is 8.97. The quantitative estimate of drug-likeness (QED) is 0.681. The molecule has 0 unspecified atom stereocenters. The highest BCUT2D eigenvalue weighted by atomic mass is 35.5. The third-order valence-electron chi connectivity index (χ3n) is 4.63. The van der Waals surface area contributed by atoms with Gasteiger partial charge >= 0.3 is 6.18 Å². The van der Waals surface area contributed by atoms with E-state index in [9.17, 15) is 27.2 Å². The fourth-order valence-corrected chi connectivity index (χ4v) is 3.36. The second-order valence-electron chi connectivity index (χ2n) is 6.67. The summed E-state index contributed by atoms with van der Waals surface area (Å²) in [4.78, 5) is 31.6. The minimum Gasteiger partial charge on any atom is -0.314 e. The van der Waals surface area contributed by atoms with Crippen LogP contribution in [0.25, 0.3) is 0 Å². The van der Waals surface area contributed by atoms with Crippen LogP contribution in [-0.2, 0) is 15.8 Å². The van der Waals surface area contributed by atoms with Crippen molar-refractivity contribution < 1.29 is 27.2 Å². The molecule has 1 fully saturated rings. The van der Waals surface area contributed by atoms with E-state index in [0.717, 1.165) is 23.1 Å². The average Bonchev–Trinajstić information content (AvgIpc) is 3.03. The van der Waals surface area contributed by atoms with Crippen LogP contribution >= 0.6 is 11.6 Å². The molecule has 0 N–H and O–H groups in total. The number of hydrogen-bond acceptors (Lipinski definition) is 3. The van der Waals surface area contributed by atoms with Crippen molar-refractivity contribution in [3.63, 3.8) is 0 Å². The van der Waals surface area contributed by atoms with E-state index in [-0.39, 0.29) is 35.1 Å². The van der Waals surface area contributed by atoms with E-state index in [1.165, 1.54) is 31.0 Å². The summed E-state index contributed by atoms with van der Waals surface area (Å²) >= 11 is 5.75. The van der Waals surface area contributed by atoms with Gasteiger partial charge < -0.3 is 4.90 Å². The second kappa shape index (κ2) is 7.62. The third-order valence-corrected chi connectivity index (χ3v) is 4.92. The van der Waals surface area contributed by atoms with E-state index in [4.69, 9.17) is 11.6 Å². The zero-order valence-electron chi connectivity index (χ0n) is 15.4. The fraction of sp³-hybridized carbons (Fsp3) is 0.316. The summed E-state index contributed by atoms with van der Waals surface area (Å²) in [6.07, 6.45) is -4.51. The summed E-state index contributed by atoms with van der Waals surface area (Å²) in [5, 5.41) is -0.184. The predicted octanol–water partition coefficient (Wildman–Crippen LogP) is 4.36. The minimum absolute atomic E-state index is 0.00854. The van der Waals surface area contributed by atoms with Gasteiger partial charge in [-0.25, -0.2) is 9.37 Å². The summed E-state index contributed by atoms with van der Waals surface area (Å²) in [5.41, 5.74) is -0.599. The molecule has 2 heterocycles. The topological polar surface area (TPSA) is 53.5 Å². The standard InChI is InChI=1S/C19H16ClF4N3O2/c1-10-7-11(19(22,23)24)8-16(25-10)27-15(5-6-17(27)28)18(29)26(2)12-3-4-14(21)13(20)9-12/h3-4,7-9,15H,5-6H2,1-2H3/t15-/m0/s1. The third kappa shape index (κ3) is 4.19. The number of pyridine rings is 1. The zero-order valence-corrected chi connectivity index (χ0v) is 16.2. The summed E-state index contributed by atoms with van der Waals surface area (Å²) in [5.74, 6) is -1.93. The SMILES string of the molecule is Cc1cc(C(F)(F)F)cc(N2C(=O)CC[C@H]2C(=O)N(C)c2ccc(F)c(Cl)c2)n1. The molecule has 1 atom stereocenters. The van der Waals surface area contributed by atoms with Crippen LogP contribution in [0.3, 0.4) is 0 Å². The van der Waals surface area contributed by atoms with Crippen molar-refractivity contribution in [1.82, 2.24) is 4.98 Å². The maximum absolute atomic E-state index is 13.4. The molecule has 10 heteroatoms. The van der Waals surface area contributed by atoms with E-state index in [1.54, 1.807) is 0 Å². The van der Waals surface area contributed by atoms with Crippen molar-refractivity contribution in [1.29, 1.82) is 0 Å². The lowest BCUT2D eigenvalue weighted by molar-refractivity contribution is -0.137. The summed E-state index contributed by atoms with van der Waals surface area (Å²) in [7, 11) is 1.41. The molecular weight excluding hydrogens is 414 g/mol. The molecule has 0 aliphatic carbocycles. The van der Waals surface area contributed by atoms with Gasteiger partial charge in [-0.2, -0.15) is 13.2 Å². The number of nitrogens with zero attached hydrogens (tertiary/aromatic N) is 3. The van der Waals surface area contributed by atoms with Gasteiger partial charge in [-0.3, -0.25) is 14.5 Å². The molecule has 1 aliphatic heterocycles. The second-order valence-corrected chi connectivity index (χ2v) is 7.07. The van der Waals surface area contributed by atoms with Crippen LogP contribution < -0.4 is 9.80 Å². The molecule has 1 aliphatic rings. The highest BCUT2D eigenvalue weighted by Crippen LogP contribution is 2.34. The molecule has 154 valence electrons. The molecule has 1 aromatic carbocycles. The number of halogens is 5. The number of rotatable bonds is 3. The van der Waals surface area contributed by atoms with Crippen molar-refractivity contribution in [3.05, 3.63) is 52.4 Å². The highest BCUT2D eigenvalue weighted by Gasteiger charge is 2.41. The molecule has 2 amide bonds. The lowest BCUT2D eigenvalue weighted by Gasteiger charge is -2.28. The van der Waals surface area contributed by atoms with Crippen LogP contribution in [0.4, 0.5) is 29.1 Å². The first-order valence-electron chi connectivity index (χ1n) is 8.59. The normalized spacial score (nSPS) is 17.0. The Morgan fingerprint density at radius 1 is 1.28 bits per heavy atom. The van der Waals surface area contributed by atoms with E-state index in [0.29, 0.717) is 0 Å². The Morgan fingerprint density at radius 2 is 1.97 bits per heavy atom. The molecule has 5 nitrogen and oxygen atoms in total. The number of anilines is 2. The number of amides is 2. The molecule has 0 bridgehead atoms. The molecule has 0 saturated carbocycles. The van der Waals surface area contributed by atoms with Crippen molar-refractivity contribution in [2.24, 2.45) is 0 Å². The van der Waals surface area contributed by atoms with Crippen LogP contribution in [0.15, 0.2) is 30.3 Å². The average molecular weight is 430 g/mol. The van der Waals surface area contributed by atoms with Crippen LogP contribution in [0.1, 0.15) is 24.1 Å². The monoisotopic (exact) mass is 429 g/mol. The Labute approximate surface area is 168 Å². The van der Waals surface area contributed by atoms with Gasteiger partial charge in [-0.05, 0) is 43.7 Å². The molecule has 0 radical (unpaired) electrons. The summed E-state index contributed by atoms with van der Waals surface area (Å²) in [6.45, 7) is 1.38. The Balaban J connectivity index is 1.95. The molecule has 1 aromatic heterocycles. The molecule has 3 rings (SSSR count). The van der Waals surface area contributed by atoms with Crippen LogP contribution in [0, 0.1) is 12.7 Å². The molecular formula is C19H16ClF4N3O2. The predicted molar refractivity (Wildman–Crippen MR) is 99.3 cm³/mol. The number of carbonyl (C=O) groups excluding carboxylic acids is 2. The largest absolute Gasteiger partial charge is 0.416 e. The molecule has 29 heavy (non-hydrogen) atoms. The number of aryl methyl sites for hydroxylation is 1. The number of benzene rings is 1.